The lowest BCUT2D eigenvalue weighted by Crippen LogP contribution is -2.36. The van der Waals surface area contributed by atoms with Crippen molar-refractivity contribution in [1.29, 1.82) is 0 Å². The molecule has 0 spiro atoms. The molecule has 2 amide bonds. The number of ether oxygens (including phenoxy) is 1. The van der Waals surface area contributed by atoms with Gasteiger partial charge in [-0.1, -0.05) is 6.07 Å². The van der Waals surface area contributed by atoms with E-state index in [1.165, 1.54) is 4.31 Å². The SMILES string of the molecule is COc1ccc2[nH]cc(CCNC(=O)C(=O)Nc3cccc(N4CCCS4(=O)=O)c3)c2c1. The van der Waals surface area contributed by atoms with Crippen molar-refractivity contribution in [3.8, 4) is 5.75 Å². The number of H-pyrrole nitrogens is 1. The summed E-state index contributed by atoms with van der Waals surface area (Å²) in [6.07, 6.45) is 2.97. The second-order valence-corrected chi connectivity index (χ2v) is 9.49. The first-order valence-electron chi connectivity index (χ1n) is 10.2. The van der Waals surface area contributed by atoms with Gasteiger partial charge in [-0.15, -0.1) is 0 Å². The minimum Gasteiger partial charge on any atom is -0.497 e. The van der Waals surface area contributed by atoms with Crippen LogP contribution in [0.25, 0.3) is 10.9 Å². The average Bonchev–Trinajstić information content (AvgIpc) is 3.35. The molecule has 0 saturated carbocycles. The van der Waals surface area contributed by atoms with Crippen molar-refractivity contribution in [2.24, 2.45) is 0 Å². The van der Waals surface area contributed by atoms with Crippen molar-refractivity contribution in [3.63, 3.8) is 0 Å². The number of nitrogens with zero attached hydrogens (tertiary/aromatic N) is 1. The maximum Gasteiger partial charge on any atom is 0.313 e. The van der Waals surface area contributed by atoms with E-state index in [-0.39, 0.29) is 12.3 Å². The second kappa shape index (κ2) is 8.91. The molecule has 3 N–H and O–H groups in total. The van der Waals surface area contributed by atoms with Crippen molar-refractivity contribution >= 4 is 44.1 Å². The minimum atomic E-state index is -3.32. The molecule has 32 heavy (non-hydrogen) atoms. The first kappa shape index (κ1) is 21.7. The molecule has 0 aliphatic carbocycles. The summed E-state index contributed by atoms with van der Waals surface area (Å²) in [6.45, 7) is 0.683. The molecule has 3 aromatic rings. The van der Waals surface area contributed by atoms with Crippen LogP contribution in [0.2, 0.25) is 0 Å². The van der Waals surface area contributed by atoms with Crippen LogP contribution < -0.4 is 19.7 Å². The summed E-state index contributed by atoms with van der Waals surface area (Å²) in [5.41, 5.74) is 2.79. The molecule has 0 unspecified atom stereocenters. The first-order chi connectivity index (χ1) is 15.4. The molecule has 1 aliphatic heterocycles. The van der Waals surface area contributed by atoms with Gasteiger partial charge in [0.25, 0.3) is 0 Å². The van der Waals surface area contributed by atoms with E-state index in [2.05, 4.69) is 15.6 Å². The van der Waals surface area contributed by atoms with Crippen LogP contribution in [0.1, 0.15) is 12.0 Å². The van der Waals surface area contributed by atoms with Crippen LogP contribution in [-0.4, -0.2) is 51.2 Å². The Morgan fingerprint density at radius 3 is 2.75 bits per heavy atom. The fourth-order valence-electron chi connectivity index (χ4n) is 3.74. The summed E-state index contributed by atoms with van der Waals surface area (Å²) in [7, 11) is -1.72. The van der Waals surface area contributed by atoms with E-state index in [4.69, 9.17) is 4.74 Å². The van der Waals surface area contributed by atoms with Gasteiger partial charge < -0.3 is 20.4 Å². The zero-order valence-electron chi connectivity index (χ0n) is 17.6. The van der Waals surface area contributed by atoms with Gasteiger partial charge in [0, 0.05) is 35.9 Å². The summed E-state index contributed by atoms with van der Waals surface area (Å²) in [5.74, 6) is -0.728. The van der Waals surface area contributed by atoms with Crippen molar-refractivity contribution in [2.45, 2.75) is 12.8 Å². The summed E-state index contributed by atoms with van der Waals surface area (Å²) >= 11 is 0. The van der Waals surface area contributed by atoms with Gasteiger partial charge in [-0.3, -0.25) is 13.9 Å². The average molecular weight is 457 g/mol. The molecule has 10 heteroatoms. The predicted octanol–water partition coefficient (Wildman–Crippen LogP) is 2.01. The highest BCUT2D eigenvalue weighted by Gasteiger charge is 2.28. The Kier molecular flexibility index (Phi) is 6.04. The van der Waals surface area contributed by atoms with E-state index in [0.717, 1.165) is 22.2 Å². The number of nitrogens with one attached hydrogen (secondary N) is 3. The maximum absolute atomic E-state index is 12.3. The van der Waals surface area contributed by atoms with Crippen LogP contribution in [0, 0.1) is 0 Å². The molecule has 2 aromatic carbocycles. The summed E-state index contributed by atoms with van der Waals surface area (Å²) in [6, 6.07) is 12.2. The molecule has 1 aromatic heterocycles. The number of hydrogen-bond acceptors (Lipinski definition) is 5. The zero-order chi connectivity index (χ0) is 22.7. The number of methoxy groups -OCH3 is 1. The lowest BCUT2D eigenvalue weighted by Gasteiger charge is -2.17. The van der Waals surface area contributed by atoms with Gasteiger partial charge in [-0.05, 0) is 54.8 Å². The Balaban J connectivity index is 1.34. The molecule has 2 heterocycles. The third kappa shape index (κ3) is 4.54. The highest BCUT2D eigenvalue weighted by molar-refractivity contribution is 7.93. The molecule has 0 atom stereocenters. The zero-order valence-corrected chi connectivity index (χ0v) is 18.4. The first-order valence-corrected chi connectivity index (χ1v) is 11.8. The predicted molar refractivity (Wildman–Crippen MR) is 122 cm³/mol. The van der Waals surface area contributed by atoms with Crippen molar-refractivity contribution in [3.05, 3.63) is 54.2 Å². The highest BCUT2D eigenvalue weighted by Crippen LogP contribution is 2.26. The Hall–Kier alpha value is -3.53. The van der Waals surface area contributed by atoms with Crippen molar-refractivity contribution in [2.75, 3.05) is 35.6 Å². The Bertz CT molecular complexity index is 1270. The van der Waals surface area contributed by atoms with Crippen LogP contribution in [0.4, 0.5) is 11.4 Å². The molecular formula is C22H24N4O5S. The van der Waals surface area contributed by atoms with E-state index in [1.807, 2.05) is 24.4 Å². The minimum absolute atomic E-state index is 0.106. The quantitative estimate of drug-likeness (QED) is 0.490. The van der Waals surface area contributed by atoms with Crippen LogP contribution in [0.15, 0.2) is 48.7 Å². The van der Waals surface area contributed by atoms with Gasteiger partial charge >= 0.3 is 11.8 Å². The fraction of sp³-hybridized carbons (Fsp3) is 0.273. The van der Waals surface area contributed by atoms with Gasteiger partial charge in [0.2, 0.25) is 10.0 Å². The number of amides is 2. The molecule has 0 bridgehead atoms. The smallest absolute Gasteiger partial charge is 0.313 e. The number of fused-ring (bicyclic) bond motifs is 1. The number of rotatable bonds is 6. The monoisotopic (exact) mass is 456 g/mol. The molecule has 1 aliphatic rings. The third-order valence-electron chi connectivity index (χ3n) is 5.35. The summed E-state index contributed by atoms with van der Waals surface area (Å²) < 4.78 is 30.8. The van der Waals surface area contributed by atoms with Gasteiger partial charge in [-0.25, -0.2) is 8.42 Å². The lowest BCUT2D eigenvalue weighted by atomic mass is 10.1. The van der Waals surface area contributed by atoms with Crippen LogP contribution in [0.5, 0.6) is 5.75 Å². The van der Waals surface area contributed by atoms with E-state index in [1.54, 1.807) is 31.4 Å². The Morgan fingerprint density at radius 2 is 2.00 bits per heavy atom. The number of carbonyl (C=O) groups is 2. The Morgan fingerprint density at radius 1 is 1.16 bits per heavy atom. The van der Waals surface area contributed by atoms with E-state index in [9.17, 15) is 18.0 Å². The number of aromatic nitrogens is 1. The number of aromatic amines is 1. The lowest BCUT2D eigenvalue weighted by molar-refractivity contribution is -0.136. The Labute approximate surface area is 185 Å². The summed E-state index contributed by atoms with van der Waals surface area (Å²) in [5, 5.41) is 6.14. The van der Waals surface area contributed by atoms with E-state index < -0.39 is 21.8 Å². The van der Waals surface area contributed by atoms with Crippen molar-refractivity contribution in [1.82, 2.24) is 10.3 Å². The van der Waals surface area contributed by atoms with Gasteiger partial charge in [0.15, 0.2) is 0 Å². The molecule has 1 saturated heterocycles. The standard InChI is InChI=1S/C22H24N4O5S/c1-31-18-6-7-20-19(13-18)15(14-24-20)8-9-23-21(27)22(28)25-16-4-2-5-17(12-16)26-10-3-11-32(26,29)30/h2,4-7,12-14,24H,3,8-11H2,1H3,(H,23,27)(H,25,28). The van der Waals surface area contributed by atoms with E-state index in [0.29, 0.717) is 30.8 Å². The molecule has 4 rings (SSSR count). The molecule has 9 nitrogen and oxygen atoms in total. The van der Waals surface area contributed by atoms with Gasteiger partial charge in [0.1, 0.15) is 5.75 Å². The number of benzene rings is 2. The topological polar surface area (TPSA) is 121 Å². The molecule has 1 fully saturated rings. The van der Waals surface area contributed by atoms with Crippen LogP contribution in [-0.2, 0) is 26.0 Å². The molecule has 168 valence electrons. The maximum atomic E-state index is 12.3. The fourth-order valence-corrected chi connectivity index (χ4v) is 5.29. The van der Waals surface area contributed by atoms with E-state index >= 15 is 0 Å². The second-order valence-electron chi connectivity index (χ2n) is 7.48. The van der Waals surface area contributed by atoms with Crippen LogP contribution in [0.3, 0.4) is 0 Å². The molecule has 0 radical (unpaired) electrons. The van der Waals surface area contributed by atoms with Gasteiger partial charge in [-0.2, -0.15) is 0 Å². The number of anilines is 2. The summed E-state index contributed by atoms with van der Waals surface area (Å²) in [4.78, 5) is 27.7. The van der Waals surface area contributed by atoms with Crippen molar-refractivity contribution < 1.29 is 22.7 Å². The number of sulfonamides is 1. The number of hydrogen-bond donors (Lipinski definition) is 3. The number of carbonyl (C=O) groups excluding carboxylic acids is 2. The van der Waals surface area contributed by atoms with Crippen LogP contribution >= 0.6 is 0 Å². The largest absolute Gasteiger partial charge is 0.497 e. The molecular weight excluding hydrogens is 432 g/mol. The highest BCUT2D eigenvalue weighted by atomic mass is 32.2. The van der Waals surface area contributed by atoms with Gasteiger partial charge in [0.05, 0.1) is 18.6 Å². The normalized spacial score (nSPS) is 15.0. The third-order valence-corrected chi connectivity index (χ3v) is 7.22.